The molecule has 0 radical (unpaired) electrons. The molecular formula is C29H31ClF3N7O4. The molecule has 4 N–H and O–H groups in total. The summed E-state index contributed by atoms with van der Waals surface area (Å²) in [5.41, 5.74) is 5.97. The fourth-order valence-corrected chi connectivity index (χ4v) is 4.46. The molecule has 15 heteroatoms. The van der Waals surface area contributed by atoms with Crippen molar-refractivity contribution in [2.24, 2.45) is 0 Å². The van der Waals surface area contributed by atoms with E-state index in [2.05, 4.69) is 20.6 Å². The van der Waals surface area contributed by atoms with Gasteiger partial charge < -0.3 is 30.9 Å². The summed E-state index contributed by atoms with van der Waals surface area (Å²) in [7, 11) is 0. The Morgan fingerprint density at radius 2 is 1.64 bits per heavy atom. The van der Waals surface area contributed by atoms with E-state index in [1.165, 1.54) is 12.3 Å². The molecule has 1 aliphatic rings. The van der Waals surface area contributed by atoms with E-state index >= 15 is 0 Å². The second kappa shape index (κ2) is 13.0. The van der Waals surface area contributed by atoms with Gasteiger partial charge in [0.05, 0.1) is 22.5 Å². The van der Waals surface area contributed by atoms with Crippen LogP contribution < -0.4 is 16.4 Å². The average molecular weight is 634 g/mol. The Hall–Kier alpha value is -4.59. The molecule has 1 aromatic heterocycles. The quantitative estimate of drug-likeness (QED) is 0.341. The monoisotopic (exact) mass is 633 g/mol. The third kappa shape index (κ3) is 8.28. The normalized spacial score (nSPS) is 13.8. The molecule has 44 heavy (non-hydrogen) atoms. The number of piperazine rings is 1. The lowest BCUT2D eigenvalue weighted by atomic mass is 10.1. The van der Waals surface area contributed by atoms with Crippen molar-refractivity contribution < 1.29 is 32.3 Å². The minimum absolute atomic E-state index is 0.00786. The fourth-order valence-electron chi connectivity index (χ4n) is 4.23. The lowest BCUT2D eigenvalue weighted by molar-refractivity contribution is -0.137. The molecule has 1 fully saturated rings. The van der Waals surface area contributed by atoms with Crippen molar-refractivity contribution in [3.8, 4) is 11.3 Å². The van der Waals surface area contributed by atoms with Crippen molar-refractivity contribution >= 4 is 41.1 Å². The van der Waals surface area contributed by atoms with E-state index in [1.807, 2.05) is 0 Å². The maximum atomic E-state index is 13.2. The number of ether oxygens (including phenoxy) is 1. The maximum absolute atomic E-state index is 13.2. The van der Waals surface area contributed by atoms with Crippen LogP contribution in [0.2, 0.25) is 5.02 Å². The van der Waals surface area contributed by atoms with E-state index in [-0.39, 0.29) is 36.8 Å². The highest BCUT2D eigenvalue weighted by Crippen LogP contribution is 2.36. The van der Waals surface area contributed by atoms with Crippen molar-refractivity contribution in [1.29, 1.82) is 0 Å². The predicted molar refractivity (Wildman–Crippen MR) is 158 cm³/mol. The topological polar surface area (TPSA) is 143 Å². The van der Waals surface area contributed by atoms with E-state index in [0.29, 0.717) is 29.9 Å². The number of urea groups is 1. The summed E-state index contributed by atoms with van der Waals surface area (Å²) in [6, 6.07) is 9.25. The zero-order chi connectivity index (χ0) is 32.2. The second-order valence-corrected chi connectivity index (χ2v) is 11.4. The van der Waals surface area contributed by atoms with Gasteiger partial charge in [-0.2, -0.15) is 13.2 Å². The molecule has 0 saturated carbocycles. The predicted octanol–water partition coefficient (Wildman–Crippen LogP) is 5.41. The Kier molecular flexibility index (Phi) is 9.52. The minimum Gasteiger partial charge on any atom is -0.444 e. The number of nitrogens with two attached hydrogens (primary N) is 1. The van der Waals surface area contributed by atoms with Crippen molar-refractivity contribution in [3.63, 3.8) is 0 Å². The zero-order valence-corrected chi connectivity index (χ0v) is 24.9. The lowest BCUT2D eigenvalue weighted by Gasteiger charge is -2.35. The van der Waals surface area contributed by atoms with Crippen LogP contribution in [0.5, 0.6) is 0 Å². The highest BCUT2D eigenvalue weighted by molar-refractivity contribution is 6.31. The van der Waals surface area contributed by atoms with E-state index in [4.69, 9.17) is 22.1 Å². The van der Waals surface area contributed by atoms with Gasteiger partial charge in [-0.1, -0.05) is 35.9 Å². The highest BCUT2D eigenvalue weighted by Gasteiger charge is 2.33. The van der Waals surface area contributed by atoms with Crippen molar-refractivity contribution in [2.75, 3.05) is 37.2 Å². The first-order valence-electron chi connectivity index (χ1n) is 13.5. The van der Waals surface area contributed by atoms with Gasteiger partial charge in [-0.3, -0.25) is 4.79 Å². The van der Waals surface area contributed by atoms with Crippen LogP contribution in [0.3, 0.4) is 0 Å². The summed E-state index contributed by atoms with van der Waals surface area (Å²) in [5, 5.41) is 4.46. The molecule has 0 spiro atoms. The molecular weight excluding hydrogens is 603 g/mol. The first kappa shape index (κ1) is 32.3. The highest BCUT2D eigenvalue weighted by atomic mass is 35.5. The molecule has 11 nitrogen and oxygen atoms in total. The number of amides is 4. The van der Waals surface area contributed by atoms with Gasteiger partial charge in [0.1, 0.15) is 5.60 Å². The Morgan fingerprint density at radius 1 is 1.00 bits per heavy atom. The molecule has 0 aliphatic carbocycles. The van der Waals surface area contributed by atoms with Gasteiger partial charge in [0.25, 0.3) is 5.91 Å². The van der Waals surface area contributed by atoms with Gasteiger partial charge in [-0.05, 0) is 44.5 Å². The smallest absolute Gasteiger partial charge is 0.417 e. The standard InChI is InChI=1S/C29H31ClF3N7O4/c1-28(2,3)44-27(43)40-12-10-39(11-13-40)25(41)23-24(34)35-16-22(38-23)18-6-4-17(5-7-18)15-36-26(42)37-19-8-9-21(30)20(14-19)29(31,32)33/h4-9,14,16H,10-13,15H2,1-3H3,(H2,34,35)(H2,36,37,42). The number of hydrogen-bond acceptors (Lipinski definition) is 7. The lowest BCUT2D eigenvalue weighted by Crippen LogP contribution is -2.51. The Labute approximate surface area is 256 Å². The van der Waals surface area contributed by atoms with E-state index in [9.17, 15) is 27.6 Å². The van der Waals surface area contributed by atoms with Crippen LogP contribution in [-0.4, -0.2) is 69.6 Å². The summed E-state index contributed by atoms with van der Waals surface area (Å²) in [6.07, 6.45) is -3.66. The zero-order valence-electron chi connectivity index (χ0n) is 24.2. The van der Waals surface area contributed by atoms with Crippen LogP contribution in [-0.2, 0) is 17.5 Å². The fraction of sp³-hybridized carbons (Fsp3) is 0.345. The van der Waals surface area contributed by atoms with Crippen LogP contribution in [0.15, 0.2) is 48.7 Å². The van der Waals surface area contributed by atoms with Gasteiger partial charge >= 0.3 is 18.3 Å². The number of carbonyl (C=O) groups is 3. The molecule has 0 bridgehead atoms. The van der Waals surface area contributed by atoms with Crippen molar-refractivity contribution in [3.05, 3.63) is 70.5 Å². The number of anilines is 2. The van der Waals surface area contributed by atoms with Crippen LogP contribution >= 0.6 is 11.6 Å². The Morgan fingerprint density at radius 3 is 2.25 bits per heavy atom. The molecule has 2 heterocycles. The summed E-state index contributed by atoms with van der Waals surface area (Å²) >= 11 is 5.62. The van der Waals surface area contributed by atoms with Crippen LogP contribution in [0.1, 0.15) is 42.4 Å². The summed E-state index contributed by atoms with van der Waals surface area (Å²) in [6.45, 7) is 6.59. The number of halogens is 4. The number of nitrogen functional groups attached to an aromatic ring is 1. The second-order valence-electron chi connectivity index (χ2n) is 10.9. The first-order valence-corrected chi connectivity index (χ1v) is 13.9. The molecule has 4 rings (SSSR count). The number of nitrogens with zero attached hydrogens (tertiary/aromatic N) is 4. The van der Waals surface area contributed by atoms with Crippen molar-refractivity contribution in [1.82, 2.24) is 25.1 Å². The summed E-state index contributed by atoms with van der Waals surface area (Å²) in [4.78, 5) is 49.5. The number of alkyl halides is 3. The first-order chi connectivity index (χ1) is 20.6. The minimum atomic E-state index is -4.66. The molecule has 4 amide bonds. The molecule has 3 aromatic rings. The van der Waals surface area contributed by atoms with E-state index in [0.717, 1.165) is 12.1 Å². The Balaban J connectivity index is 1.35. The van der Waals surface area contributed by atoms with Crippen molar-refractivity contribution in [2.45, 2.75) is 39.1 Å². The van der Waals surface area contributed by atoms with Crippen LogP contribution in [0.25, 0.3) is 11.3 Å². The maximum Gasteiger partial charge on any atom is 0.417 e. The molecule has 1 saturated heterocycles. The number of rotatable bonds is 5. The molecule has 0 atom stereocenters. The summed E-state index contributed by atoms with van der Waals surface area (Å²) in [5.74, 6) is -0.432. The van der Waals surface area contributed by atoms with Gasteiger partial charge in [0, 0.05) is 44.0 Å². The Bertz CT molecular complexity index is 1540. The van der Waals surface area contributed by atoms with E-state index < -0.39 is 40.4 Å². The number of nitrogens with one attached hydrogen (secondary N) is 2. The van der Waals surface area contributed by atoms with E-state index in [1.54, 1.807) is 54.8 Å². The van der Waals surface area contributed by atoms with Gasteiger partial charge in [0.2, 0.25) is 0 Å². The number of benzene rings is 2. The molecule has 1 aliphatic heterocycles. The summed E-state index contributed by atoms with van der Waals surface area (Å²) < 4.78 is 44.6. The van der Waals surface area contributed by atoms with Gasteiger partial charge in [-0.15, -0.1) is 0 Å². The third-order valence-corrected chi connectivity index (χ3v) is 6.78. The number of carbonyl (C=O) groups excluding carboxylic acids is 3. The average Bonchev–Trinajstić information content (AvgIpc) is 2.96. The van der Waals surface area contributed by atoms with Crippen LogP contribution in [0, 0.1) is 0 Å². The van der Waals surface area contributed by atoms with Gasteiger partial charge in [-0.25, -0.2) is 19.6 Å². The largest absolute Gasteiger partial charge is 0.444 e. The SMILES string of the molecule is CC(C)(C)OC(=O)N1CCN(C(=O)c2nc(-c3ccc(CNC(=O)Nc4ccc(Cl)c(C(F)(F)F)c4)cc3)cnc2N)CC1. The van der Waals surface area contributed by atoms with Gasteiger partial charge in [0.15, 0.2) is 11.5 Å². The molecule has 0 unspecified atom stereocenters. The van der Waals surface area contributed by atoms with Crippen LogP contribution in [0.4, 0.5) is 34.3 Å². The number of aromatic nitrogens is 2. The molecule has 2 aromatic carbocycles. The third-order valence-electron chi connectivity index (χ3n) is 6.45. The molecule has 234 valence electrons. The number of hydrogen-bond donors (Lipinski definition) is 3.